The minimum atomic E-state index is 0.185. The Hall–Kier alpha value is -1.58. The van der Waals surface area contributed by atoms with E-state index in [1.807, 2.05) is 6.07 Å². The summed E-state index contributed by atoms with van der Waals surface area (Å²) >= 11 is 0. The lowest BCUT2D eigenvalue weighted by molar-refractivity contribution is 0.445. The first kappa shape index (κ1) is 6.88. The van der Waals surface area contributed by atoms with E-state index in [1.54, 1.807) is 10.6 Å². The van der Waals surface area contributed by atoms with Crippen molar-refractivity contribution >= 4 is 5.78 Å². The molecule has 2 aromatic rings. The van der Waals surface area contributed by atoms with Crippen LogP contribution in [-0.2, 0) is 0 Å². The van der Waals surface area contributed by atoms with Gasteiger partial charge in [0.2, 0.25) is 11.7 Å². The SMILES string of the molecule is Oc1cnc2nccc(C3CC3)n12. The van der Waals surface area contributed by atoms with Gasteiger partial charge < -0.3 is 5.11 Å². The van der Waals surface area contributed by atoms with Gasteiger partial charge in [-0.25, -0.2) is 9.97 Å². The Kier molecular flexibility index (Phi) is 1.17. The molecule has 1 saturated carbocycles. The topological polar surface area (TPSA) is 50.4 Å². The van der Waals surface area contributed by atoms with Gasteiger partial charge in [0.25, 0.3) is 0 Å². The highest BCUT2D eigenvalue weighted by atomic mass is 16.3. The Labute approximate surface area is 74.9 Å². The Morgan fingerprint density at radius 1 is 1.38 bits per heavy atom. The number of nitrogens with zero attached hydrogens (tertiary/aromatic N) is 3. The predicted octanol–water partition coefficient (Wildman–Crippen LogP) is 1.31. The quantitative estimate of drug-likeness (QED) is 0.711. The normalized spacial score (nSPS) is 16.6. The van der Waals surface area contributed by atoms with Crippen molar-refractivity contribution in [2.75, 3.05) is 0 Å². The summed E-state index contributed by atoms with van der Waals surface area (Å²) in [6, 6.07) is 1.95. The molecule has 4 heteroatoms. The number of aromatic hydroxyl groups is 1. The second-order valence-electron chi connectivity index (χ2n) is 3.40. The van der Waals surface area contributed by atoms with E-state index in [-0.39, 0.29) is 5.88 Å². The third-order valence-electron chi connectivity index (χ3n) is 2.41. The van der Waals surface area contributed by atoms with Crippen molar-refractivity contribution in [2.24, 2.45) is 0 Å². The molecule has 1 aliphatic rings. The minimum Gasteiger partial charge on any atom is -0.493 e. The summed E-state index contributed by atoms with van der Waals surface area (Å²) in [5.41, 5.74) is 1.13. The van der Waals surface area contributed by atoms with Crippen LogP contribution in [0.5, 0.6) is 5.88 Å². The summed E-state index contributed by atoms with van der Waals surface area (Å²) in [6.07, 6.45) is 5.59. The highest BCUT2D eigenvalue weighted by Crippen LogP contribution is 2.40. The van der Waals surface area contributed by atoms with E-state index >= 15 is 0 Å². The summed E-state index contributed by atoms with van der Waals surface area (Å²) < 4.78 is 1.72. The molecule has 4 nitrogen and oxygen atoms in total. The van der Waals surface area contributed by atoms with Crippen LogP contribution < -0.4 is 0 Å². The summed E-state index contributed by atoms with van der Waals surface area (Å²) in [7, 11) is 0. The molecule has 0 spiro atoms. The number of hydrogen-bond donors (Lipinski definition) is 1. The molecule has 2 aromatic heterocycles. The fourth-order valence-corrected chi connectivity index (χ4v) is 1.62. The molecule has 0 aliphatic heterocycles. The third-order valence-corrected chi connectivity index (χ3v) is 2.41. The van der Waals surface area contributed by atoms with Crippen molar-refractivity contribution in [2.45, 2.75) is 18.8 Å². The molecule has 1 N–H and O–H groups in total. The number of fused-ring (bicyclic) bond motifs is 1. The van der Waals surface area contributed by atoms with Gasteiger partial charge in [0.05, 0.1) is 6.20 Å². The average Bonchev–Trinajstić information content (AvgIpc) is 2.92. The molecule has 3 rings (SSSR count). The van der Waals surface area contributed by atoms with Crippen molar-refractivity contribution in [3.63, 3.8) is 0 Å². The van der Waals surface area contributed by atoms with E-state index in [1.165, 1.54) is 19.0 Å². The molecular weight excluding hydrogens is 166 g/mol. The molecule has 66 valence electrons. The van der Waals surface area contributed by atoms with Crippen LogP contribution in [0, 0.1) is 0 Å². The fraction of sp³-hybridized carbons (Fsp3) is 0.333. The smallest absolute Gasteiger partial charge is 0.236 e. The maximum Gasteiger partial charge on any atom is 0.236 e. The lowest BCUT2D eigenvalue weighted by Gasteiger charge is -2.02. The lowest BCUT2D eigenvalue weighted by Crippen LogP contribution is -1.95. The van der Waals surface area contributed by atoms with Crippen molar-refractivity contribution in [1.82, 2.24) is 14.4 Å². The second kappa shape index (κ2) is 2.22. The Balaban J connectivity index is 2.36. The number of hydrogen-bond acceptors (Lipinski definition) is 3. The van der Waals surface area contributed by atoms with Crippen molar-refractivity contribution in [3.05, 3.63) is 24.2 Å². The largest absolute Gasteiger partial charge is 0.493 e. The van der Waals surface area contributed by atoms with Crippen LogP contribution in [-0.4, -0.2) is 19.5 Å². The highest BCUT2D eigenvalue weighted by molar-refractivity contribution is 5.37. The van der Waals surface area contributed by atoms with E-state index in [9.17, 15) is 5.11 Å². The number of imidazole rings is 1. The molecule has 0 atom stereocenters. The Morgan fingerprint density at radius 2 is 2.23 bits per heavy atom. The van der Waals surface area contributed by atoms with E-state index in [0.29, 0.717) is 11.7 Å². The first-order valence-corrected chi connectivity index (χ1v) is 4.37. The number of rotatable bonds is 1. The molecule has 1 fully saturated rings. The van der Waals surface area contributed by atoms with E-state index in [0.717, 1.165) is 5.69 Å². The van der Waals surface area contributed by atoms with Crippen LogP contribution in [0.2, 0.25) is 0 Å². The van der Waals surface area contributed by atoms with Gasteiger partial charge >= 0.3 is 0 Å². The standard InChI is InChI=1S/C9H9N3O/c13-8-5-11-9-10-4-3-7(12(8)9)6-1-2-6/h3-6,13H,1-2H2. The molecule has 2 heterocycles. The maximum atomic E-state index is 9.53. The molecule has 0 radical (unpaired) electrons. The minimum absolute atomic E-state index is 0.185. The molecule has 13 heavy (non-hydrogen) atoms. The van der Waals surface area contributed by atoms with E-state index < -0.39 is 0 Å². The lowest BCUT2D eigenvalue weighted by atomic mass is 10.3. The molecule has 0 saturated heterocycles. The van der Waals surface area contributed by atoms with E-state index in [2.05, 4.69) is 9.97 Å². The number of aromatic nitrogens is 3. The van der Waals surface area contributed by atoms with Crippen LogP contribution in [0.15, 0.2) is 18.5 Å². The third kappa shape index (κ3) is 0.915. The van der Waals surface area contributed by atoms with Gasteiger partial charge in [-0.05, 0) is 24.8 Å². The van der Waals surface area contributed by atoms with Gasteiger partial charge in [-0.2, -0.15) is 0 Å². The van der Waals surface area contributed by atoms with Crippen LogP contribution in [0.1, 0.15) is 24.5 Å². The molecule has 0 unspecified atom stereocenters. The first-order chi connectivity index (χ1) is 6.36. The zero-order valence-corrected chi connectivity index (χ0v) is 7.01. The van der Waals surface area contributed by atoms with Gasteiger partial charge in [-0.3, -0.25) is 4.40 Å². The molecule has 0 amide bonds. The average molecular weight is 175 g/mol. The fourth-order valence-electron chi connectivity index (χ4n) is 1.62. The van der Waals surface area contributed by atoms with Gasteiger partial charge in [0, 0.05) is 11.9 Å². The van der Waals surface area contributed by atoms with Crippen LogP contribution >= 0.6 is 0 Å². The summed E-state index contributed by atoms with van der Waals surface area (Å²) in [5.74, 6) is 1.36. The molecular formula is C9H9N3O. The summed E-state index contributed by atoms with van der Waals surface area (Å²) in [5, 5.41) is 9.53. The zero-order valence-electron chi connectivity index (χ0n) is 7.01. The molecule has 1 aliphatic carbocycles. The van der Waals surface area contributed by atoms with Gasteiger partial charge in [-0.15, -0.1) is 0 Å². The Morgan fingerprint density at radius 3 is 3.00 bits per heavy atom. The Bertz CT molecular complexity index is 459. The predicted molar refractivity (Wildman–Crippen MR) is 46.6 cm³/mol. The highest BCUT2D eigenvalue weighted by Gasteiger charge is 2.26. The van der Waals surface area contributed by atoms with Crippen LogP contribution in [0.3, 0.4) is 0 Å². The van der Waals surface area contributed by atoms with Crippen molar-refractivity contribution in [1.29, 1.82) is 0 Å². The summed E-state index contributed by atoms with van der Waals surface area (Å²) in [6.45, 7) is 0. The van der Waals surface area contributed by atoms with Crippen molar-refractivity contribution < 1.29 is 5.11 Å². The summed E-state index contributed by atoms with van der Waals surface area (Å²) in [4.78, 5) is 8.06. The van der Waals surface area contributed by atoms with Gasteiger partial charge in [0.1, 0.15) is 0 Å². The molecule has 0 bridgehead atoms. The monoisotopic (exact) mass is 175 g/mol. The second-order valence-corrected chi connectivity index (χ2v) is 3.40. The van der Waals surface area contributed by atoms with Gasteiger partial charge in [0.15, 0.2) is 0 Å². The zero-order chi connectivity index (χ0) is 8.84. The van der Waals surface area contributed by atoms with Crippen LogP contribution in [0.4, 0.5) is 0 Å². The van der Waals surface area contributed by atoms with Gasteiger partial charge in [-0.1, -0.05) is 0 Å². The van der Waals surface area contributed by atoms with E-state index in [4.69, 9.17) is 0 Å². The van der Waals surface area contributed by atoms with Crippen molar-refractivity contribution in [3.8, 4) is 5.88 Å². The first-order valence-electron chi connectivity index (χ1n) is 4.37. The van der Waals surface area contributed by atoms with Crippen LogP contribution in [0.25, 0.3) is 5.78 Å². The maximum absolute atomic E-state index is 9.53. The molecule has 0 aromatic carbocycles.